The first kappa shape index (κ1) is 13.8. The Balaban J connectivity index is 2.48. The van der Waals surface area contributed by atoms with Crippen molar-refractivity contribution < 1.29 is 14.7 Å². The first-order chi connectivity index (χ1) is 9.02. The fraction of sp³-hybridized carbons (Fsp3) is 0.333. The zero-order valence-electron chi connectivity index (χ0n) is 10.7. The van der Waals surface area contributed by atoms with Gasteiger partial charge in [0, 0.05) is 21.7 Å². The van der Waals surface area contributed by atoms with Crippen LogP contribution in [0.2, 0.25) is 5.02 Å². The van der Waals surface area contributed by atoms with Gasteiger partial charge in [0.2, 0.25) is 0 Å². The Morgan fingerprint density at radius 2 is 1.79 bits per heavy atom. The number of ketones is 1. The van der Waals surface area contributed by atoms with E-state index in [1.54, 1.807) is 25.1 Å². The lowest BCUT2D eigenvalue weighted by Gasteiger charge is -2.17. The average molecular weight is 279 g/mol. The second-order valence-corrected chi connectivity index (χ2v) is 5.12. The maximum atomic E-state index is 12.5. The summed E-state index contributed by atoms with van der Waals surface area (Å²) < 4.78 is 0. The minimum atomic E-state index is -0.984. The Morgan fingerprint density at radius 3 is 2.42 bits per heavy atom. The second-order valence-electron chi connectivity index (χ2n) is 4.71. The van der Waals surface area contributed by atoms with Crippen LogP contribution in [0.1, 0.15) is 41.6 Å². The molecule has 3 nitrogen and oxygen atoms in total. The lowest BCUT2D eigenvalue weighted by atomic mass is 9.86. The molecule has 100 valence electrons. The minimum absolute atomic E-state index is 0.197. The van der Waals surface area contributed by atoms with Crippen LogP contribution in [0.5, 0.6) is 0 Å². The van der Waals surface area contributed by atoms with Gasteiger partial charge < -0.3 is 5.11 Å². The molecule has 1 N–H and O–H groups in total. The van der Waals surface area contributed by atoms with Crippen molar-refractivity contribution in [3.05, 3.63) is 45.5 Å². The number of carbonyl (C=O) groups excluding carboxylic acids is 1. The van der Waals surface area contributed by atoms with Crippen LogP contribution >= 0.6 is 11.6 Å². The van der Waals surface area contributed by atoms with Gasteiger partial charge in [-0.2, -0.15) is 0 Å². The molecule has 0 fully saturated rings. The molecular formula is C15H15ClO3. The fourth-order valence-electron chi connectivity index (χ4n) is 2.41. The Kier molecular flexibility index (Phi) is 4.05. The van der Waals surface area contributed by atoms with Crippen LogP contribution in [0.25, 0.3) is 0 Å². The Labute approximate surface area is 116 Å². The topological polar surface area (TPSA) is 54.4 Å². The number of carboxylic acids is 1. The van der Waals surface area contributed by atoms with Crippen molar-refractivity contribution in [2.24, 2.45) is 0 Å². The van der Waals surface area contributed by atoms with Crippen LogP contribution in [0.15, 0.2) is 29.3 Å². The molecule has 19 heavy (non-hydrogen) atoms. The lowest BCUT2D eigenvalue weighted by Crippen LogP contribution is -2.16. The van der Waals surface area contributed by atoms with Crippen LogP contribution in [-0.4, -0.2) is 16.9 Å². The zero-order chi connectivity index (χ0) is 14.0. The molecule has 0 atom stereocenters. The highest BCUT2D eigenvalue weighted by atomic mass is 35.5. The molecule has 0 unspecified atom stereocenters. The molecule has 1 aliphatic carbocycles. The molecule has 1 aliphatic rings. The van der Waals surface area contributed by atoms with Crippen LogP contribution in [0, 0.1) is 6.92 Å². The SMILES string of the molecule is Cc1c(Cl)cccc1C(=O)C1=C(C(=O)O)CCCC1. The van der Waals surface area contributed by atoms with E-state index in [2.05, 4.69) is 0 Å². The van der Waals surface area contributed by atoms with Crippen molar-refractivity contribution >= 4 is 23.4 Å². The zero-order valence-corrected chi connectivity index (χ0v) is 11.5. The molecule has 0 aromatic heterocycles. The highest BCUT2D eigenvalue weighted by Crippen LogP contribution is 2.29. The van der Waals surface area contributed by atoms with Crippen LogP contribution in [0.4, 0.5) is 0 Å². The molecule has 0 saturated heterocycles. The number of benzene rings is 1. The molecule has 0 saturated carbocycles. The first-order valence-corrected chi connectivity index (χ1v) is 6.65. The number of hydrogen-bond acceptors (Lipinski definition) is 2. The number of rotatable bonds is 3. The van der Waals surface area contributed by atoms with Crippen LogP contribution < -0.4 is 0 Å². The van der Waals surface area contributed by atoms with Gasteiger partial charge in [0.1, 0.15) is 0 Å². The summed E-state index contributed by atoms with van der Waals surface area (Å²) in [4.78, 5) is 23.7. The van der Waals surface area contributed by atoms with Crippen molar-refractivity contribution in [1.82, 2.24) is 0 Å². The third-order valence-corrected chi connectivity index (χ3v) is 3.92. The van der Waals surface area contributed by atoms with Gasteiger partial charge >= 0.3 is 5.97 Å². The highest BCUT2D eigenvalue weighted by Gasteiger charge is 2.25. The van der Waals surface area contributed by atoms with Crippen molar-refractivity contribution in [2.45, 2.75) is 32.6 Å². The number of carbonyl (C=O) groups is 2. The van der Waals surface area contributed by atoms with E-state index in [0.717, 1.165) is 12.8 Å². The standard InChI is InChI=1S/C15H15ClO3/c1-9-10(7-4-8-13(9)16)14(17)11-5-2-3-6-12(11)15(18)19/h4,7-8H,2-3,5-6H2,1H3,(H,18,19). The molecule has 0 aliphatic heterocycles. The van der Waals surface area contributed by atoms with E-state index in [0.29, 0.717) is 34.6 Å². The highest BCUT2D eigenvalue weighted by molar-refractivity contribution is 6.32. The summed E-state index contributed by atoms with van der Waals surface area (Å²) >= 11 is 6.01. The van der Waals surface area contributed by atoms with Gasteiger partial charge in [-0.3, -0.25) is 4.79 Å². The number of Topliss-reactive ketones (excluding diaryl/α,β-unsaturated/α-hetero) is 1. The maximum Gasteiger partial charge on any atom is 0.331 e. The van der Waals surface area contributed by atoms with Crippen LogP contribution in [0.3, 0.4) is 0 Å². The molecular weight excluding hydrogens is 264 g/mol. The summed E-state index contributed by atoms with van der Waals surface area (Å²) in [5, 5.41) is 9.72. The first-order valence-electron chi connectivity index (χ1n) is 6.27. The normalized spacial score (nSPS) is 15.5. The largest absolute Gasteiger partial charge is 0.478 e. The summed E-state index contributed by atoms with van der Waals surface area (Å²) in [6.45, 7) is 1.78. The minimum Gasteiger partial charge on any atom is -0.478 e. The van der Waals surface area contributed by atoms with E-state index in [4.69, 9.17) is 11.6 Å². The van der Waals surface area contributed by atoms with Gasteiger partial charge in [-0.1, -0.05) is 23.7 Å². The van der Waals surface area contributed by atoms with E-state index in [-0.39, 0.29) is 11.4 Å². The number of halogens is 1. The second kappa shape index (κ2) is 5.57. The Morgan fingerprint density at radius 1 is 1.16 bits per heavy atom. The lowest BCUT2D eigenvalue weighted by molar-refractivity contribution is -0.133. The quantitative estimate of drug-likeness (QED) is 0.856. The maximum absolute atomic E-state index is 12.5. The summed E-state index contributed by atoms with van der Waals surface area (Å²) in [6.07, 6.45) is 2.69. The van der Waals surface area contributed by atoms with E-state index in [1.165, 1.54) is 0 Å². The molecule has 2 rings (SSSR count). The molecule has 4 heteroatoms. The van der Waals surface area contributed by atoms with Crippen molar-refractivity contribution in [1.29, 1.82) is 0 Å². The molecule has 0 spiro atoms. The summed E-state index contributed by atoms with van der Waals surface area (Å²) in [5.41, 5.74) is 1.90. The number of aliphatic carboxylic acids is 1. The number of allylic oxidation sites excluding steroid dienone is 1. The predicted molar refractivity (Wildman–Crippen MR) is 73.6 cm³/mol. The van der Waals surface area contributed by atoms with Crippen molar-refractivity contribution in [2.75, 3.05) is 0 Å². The molecule has 0 radical (unpaired) electrons. The number of carboxylic acid groups (broad SMARTS) is 1. The van der Waals surface area contributed by atoms with Gasteiger partial charge in [-0.15, -0.1) is 0 Å². The van der Waals surface area contributed by atoms with Crippen molar-refractivity contribution in [3.63, 3.8) is 0 Å². The molecule has 1 aromatic rings. The van der Waals surface area contributed by atoms with Gasteiger partial charge in [0.05, 0.1) is 0 Å². The van der Waals surface area contributed by atoms with Crippen LogP contribution in [-0.2, 0) is 4.79 Å². The summed E-state index contributed by atoms with van der Waals surface area (Å²) in [7, 11) is 0. The summed E-state index contributed by atoms with van der Waals surface area (Å²) in [5.74, 6) is -1.18. The third kappa shape index (κ3) is 2.71. The molecule has 0 bridgehead atoms. The molecule has 0 heterocycles. The third-order valence-electron chi connectivity index (χ3n) is 3.51. The number of hydrogen-bond donors (Lipinski definition) is 1. The van der Waals surface area contributed by atoms with E-state index >= 15 is 0 Å². The van der Waals surface area contributed by atoms with Gasteiger partial charge in [-0.25, -0.2) is 4.79 Å². The summed E-state index contributed by atoms with van der Waals surface area (Å²) in [6, 6.07) is 5.14. The van der Waals surface area contributed by atoms with E-state index in [9.17, 15) is 14.7 Å². The van der Waals surface area contributed by atoms with Gasteiger partial charge in [0.15, 0.2) is 5.78 Å². The monoisotopic (exact) mass is 278 g/mol. The predicted octanol–water partition coefficient (Wildman–Crippen LogP) is 3.79. The van der Waals surface area contributed by atoms with E-state index < -0.39 is 5.97 Å². The van der Waals surface area contributed by atoms with Gasteiger partial charge in [-0.05, 0) is 44.2 Å². The average Bonchev–Trinajstić information content (AvgIpc) is 2.41. The van der Waals surface area contributed by atoms with E-state index in [1.807, 2.05) is 0 Å². The van der Waals surface area contributed by atoms with Gasteiger partial charge in [0.25, 0.3) is 0 Å². The fourth-order valence-corrected chi connectivity index (χ4v) is 2.58. The Bertz CT molecular complexity index is 573. The Hall–Kier alpha value is -1.61. The smallest absolute Gasteiger partial charge is 0.331 e. The van der Waals surface area contributed by atoms with Crippen molar-refractivity contribution in [3.8, 4) is 0 Å². The molecule has 0 amide bonds. The molecule has 1 aromatic carbocycles.